The SMILES string of the molecule is CCNCc1ncoc1-c1cccc(C)c1. The van der Waals surface area contributed by atoms with Crippen LogP contribution in [0.25, 0.3) is 11.3 Å². The van der Waals surface area contributed by atoms with E-state index in [2.05, 4.69) is 36.3 Å². The third-order valence-corrected chi connectivity index (χ3v) is 2.46. The van der Waals surface area contributed by atoms with Gasteiger partial charge in [-0.2, -0.15) is 0 Å². The van der Waals surface area contributed by atoms with Gasteiger partial charge in [-0.1, -0.05) is 30.7 Å². The smallest absolute Gasteiger partial charge is 0.181 e. The first-order valence-electron chi connectivity index (χ1n) is 5.51. The van der Waals surface area contributed by atoms with Gasteiger partial charge in [-0.3, -0.25) is 0 Å². The largest absolute Gasteiger partial charge is 0.443 e. The molecule has 0 aliphatic heterocycles. The van der Waals surface area contributed by atoms with Gasteiger partial charge < -0.3 is 9.73 Å². The van der Waals surface area contributed by atoms with Crippen molar-refractivity contribution in [2.45, 2.75) is 20.4 Å². The fourth-order valence-corrected chi connectivity index (χ4v) is 1.66. The Hall–Kier alpha value is -1.61. The van der Waals surface area contributed by atoms with Crippen LogP contribution in [0, 0.1) is 6.92 Å². The van der Waals surface area contributed by atoms with E-state index in [0.29, 0.717) is 0 Å². The number of hydrogen-bond donors (Lipinski definition) is 1. The molecule has 0 radical (unpaired) electrons. The number of nitrogens with zero attached hydrogens (tertiary/aromatic N) is 1. The molecule has 1 heterocycles. The van der Waals surface area contributed by atoms with Crippen LogP contribution in [-0.4, -0.2) is 11.5 Å². The molecule has 2 rings (SSSR count). The summed E-state index contributed by atoms with van der Waals surface area (Å²) in [6.07, 6.45) is 1.50. The molecule has 0 saturated carbocycles. The number of oxazole rings is 1. The minimum atomic E-state index is 0.746. The van der Waals surface area contributed by atoms with E-state index in [9.17, 15) is 0 Å². The molecule has 0 unspecified atom stereocenters. The van der Waals surface area contributed by atoms with Crippen LogP contribution >= 0.6 is 0 Å². The topological polar surface area (TPSA) is 38.1 Å². The molecule has 0 fully saturated rings. The van der Waals surface area contributed by atoms with Crippen LogP contribution in [-0.2, 0) is 6.54 Å². The molecule has 2 aromatic rings. The minimum absolute atomic E-state index is 0.746. The molecule has 1 N–H and O–H groups in total. The molecule has 84 valence electrons. The van der Waals surface area contributed by atoms with E-state index in [1.807, 2.05) is 12.1 Å². The summed E-state index contributed by atoms with van der Waals surface area (Å²) in [6, 6.07) is 8.26. The lowest BCUT2D eigenvalue weighted by molar-refractivity contribution is 0.570. The Morgan fingerprint density at radius 2 is 2.25 bits per heavy atom. The first kappa shape index (κ1) is 10.9. The van der Waals surface area contributed by atoms with Crippen molar-refractivity contribution in [2.75, 3.05) is 6.54 Å². The molecule has 0 aliphatic rings. The van der Waals surface area contributed by atoms with Crippen LogP contribution < -0.4 is 5.32 Å². The van der Waals surface area contributed by atoms with Gasteiger partial charge >= 0.3 is 0 Å². The summed E-state index contributed by atoms with van der Waals surface area (Å²) in [5, 5.41) is 3.25. The molecule has 3 heteroatoms. The maximum absolute atomic E-state index is 5.45. The summed E-state index contributed by atoms with van der Waals surface area (Å²) < 4.78 is 5.45. The average molecular weight is 216 g/mol. The second-order valence-corrected chi connectivity index (χ2v) is 3.78. The number of aromatic nitrogens is 1. The molecule has 0 saturated heterocycles. The van der Waals surface area contributed by atoms with Crippen LogP contribution in [0.3, 0.4) is 0 Å². The quantitative estimate of drug-likeness (QED) is 0.854. The standard InChI is InChI=1S/C13H16N2O/c1-3-14-8-12-13(16-9-15-12)11-6-4-5-10(2)7-11/h4-7,9,14H,3,8H2,1-2H3. The number of aryl methyl sites for hydroxylation is 1. The second-order valence-electron chi connectivity index (χ2n) is 3.78. The maximum Gasteiger partial charge on any atom is 0.181 e. The second kappa shape index (κ2) is 4.94. The summed E-state index contributed by atoms with van der Waals surface area (Å²) in [7, 11) is 0. The molecule has 1 aromatic heterocycles. The van der Waals surface area contributed by atoms with Gasteiger partial charge in [0.05, 0.1) is 0 Å². The molecular weight excluding hydrogens is 200 g/mol. The zero-order valence-corrected chi connectivity index (χ0v) is 9.66. The normalized spacial score (nSPS) is 10.6. The van der Waals surface area contributed by atoms with Crippen molar-refractivity contribution in [2.24, 2.45) is 0 Å². The number of hydrogen-bond acceptors (Lipinski definition) is 3. The van der Waals surface area contributed by atoms with Gasteiger partial charge in [0.15, 0.2) is 12.2 Å². The lowest BCUT2D eigenvalue weighted by Crippen LogP contribution is -2.12. The highest BCUT2D eigenvalue weighted by molar-refractivity contribution is 5.60. The van der Waals surface area contributed by atoms with Crippen molar-refractivity contribution in [1.29, 1.82) is 0 Å². The zero-order chi connectivity index (χ0) is 11.4. The van der Waals surface area contributed by atoms with Gasteiger partial charge in [0.25, 0.3) is 0 Å². The molecule has 3 nitrogen and oxygen atoms in total. The Balaban J connectivity index is 2.29. The summed E-state index contributed by atoms with van der Waals surface area (Å²) >= 11 is 0. The molecule has 0 aliphatic carbocycles. The van der Waals surface area contributed by atoms with E-state index >= 15 is 0 Å². The van der Waals surface area contributed by atoms with Crippen molar-refractivity contribution < 1.29 is 4.42 Å². The fraction of sp³-hybridized carbons (Fsp3) is 0.308. The van der Waals surface area contributed by atoms with E-state index in [1.165, 1.54) is 12.0 Å². The van der Waals surface area contributed by atoms with Crippen molar-refractivity contribution in [1.82, 2.24) is 10.3 Å². The summed E-state index contributed by atoms with van der Waals surface area (Å²) in [6.45, 7) is 5.83. The van der Waals surface area contributed by atoms with Crippen molar-refractivity contribution >= 4 is 0 Å². The summed E-state index contributed by atoms with van der Waals surface area (Å²) in [5.74, 6) is 0.865. The van der Waals surface area contributed by atoms with Gasteiger partial charge in [-0.15, -0.1) is 0 Å². The van der Waals surface area contributed by atoms with Gasteiger partial charge in [0, 0.05) is 12.1 Å². The van der Waals surface area contributed by atoms with E-state index in [0.717, 1.165) is 30.1 Å². The van der Waals surface area contributed by atoms with Crippen molar-refractivity contribution in [3.8, 4) is 11.3 Å². The maximum atomic E-state index is 5.45. The number of rotatable bonds is 4. The van der Waals surface area contributed by atoms with Crippen LogP contribution in [0.4, 0.5) is 0 Å². The number of benzene rings is 1. The van der Waals surface area contributed by atoms with E-state index in [4.69, 9.17) is 4.42 Å². The van der Waals surface area contributed by atoms with Gasteiger partial charge in [-0.05, 0) is 19.5 Å². The van der Waals surface area contributed by atoms with E-state index in [1.54, 1.807) is 0 Å². The van der Waals surface area contributed by atoms with Crippen molar-refractivity contribution in [3.05, 3.63) is 41.9 Å². The predicted octanol–water partition coefficient (Wildman–Crippen LogP) is 2.76. The fourth-order valence-electron chi connectivity index (χ4n) is 1.66. The molecule has 16 heavy (non-hydrogen) atoms. The highest BCUT2D eigenvalue weighted by atomic mass is 16.3. The zero-order valence-electron chi connectivity index (χ0n) is 9.66. The van der Waals surface area contributed by atoms with E-state index in [-0.39, 0.29) is 0 Å². The monoisotopic (exact) mass is 216 g/mol. The van der Waals surface area contributed by atoms with Crippen LogP contribution in [0.2, 0.25) is 0 Å². The first-order chi connectivity index (χ1) is 7.81. The highest BCUT2D eigenvalue weighted by Gasteiger charge is 2.09. The van der Waals surface area contributed by atoms with E-state index < -0.39 is 0 Å². The molecule has 0 spiro atoms. The Labute approximate surface area is 95.5 Å². The molecular formula is C13H16N2O. The van der Waals surface area contributed by atoms with Crippen LogP contribution in [0.1, 0.15) is 18.2 Å². The third kappa shape index (κ3) is 2.31. The number of nitrogens with one attached hydrogen (secondary N) is 1. The Kier molecular flexibility index (Phi) is 3.37. The van der Waals surface area contributed by atoms with Gasteiger partial charge in [0.1, 0.15) is 5.69 Å². The first-order valence-corrected chi connectivity index (χ1v) is 5.51. The highest BCUT2D eigenvalue weighted by Crippen LogP contribution is 2.23. The molecule has 0 bridgehead atoms. The van der Waals surface area contributed by atoms with Crippen LogP contribution in [0.5, 0.6) is 0 Å². The van der Waals surface area contributed by atoms with Gasteiger partial charge in [0.2, 0.25) is 0 Å². The minimum Gasteiger partial charge on any atom is -0.443 e. The van der Waals surface area contributed by atoms with Crippen LogP contribution in [0.15, 0.2) is 35.1 Å². The Morgan fingerprint density at radius 3 is 3.00 bits per heavy atom. The summed E-state index contributed by atoms with van der Waals surface area (Å²) in [4.78, 5) is 4.23. The Bertz CT molecular complexity index is 462. The van der Waals surface area contributed by atoms with Crippen molar-refractivity contribution in [3.63, 3.8) is 0 Å². The van der Waals surface area contributed by atoms with Gasteiger partial charge in [-0.25, -0.2) is 4.98 Å². The molecule has 0 amide bonds. The summed E-state index contributed by atoms with van der Waals surface area (Å²) in [5.41, 5.74) is 3.28. The average Bonchev–Trinajstić information content (AvgIpc) is 2.74. The third-order valence-electron chi connectivity index (χ3n) is 2.46. The lowest BCUT2D eigenvalue weighted by Gasteiger charge is -2.02. The predicted molar refractivity (Wildman–Crippen MR) is 64.1 cm³/mol. The molecule has 1 aromatic carbocycles. The molecule has 0 atom stereocenters. The Morgan fingerprint density at radius 1 is 1.38 bits per heavy atom. The lowest BCUT2D eigenvalue weighted by atomic mass is 10.1.